The normalized spacial score (nSPS) is 11.4. The van der Waals surface area contributed by atoms with Crippen LogP contribution in [0, 0.1) is 11.3 Å². The Labute approximate surface area is 165 Å². The van der Waals surface area contributed by atoms with Crippen LogP contribution in [-0.2, 0) is 20.9 Å². The van der Waals surface area contributed by atoms with Gasteiger partial charge in [-0.3, -0.25) is 4.79 Å². The number of ether oxygens (including phenoxy) is 2. The minimum atomic E-state index is -0.873. The minimum absolute atomic E-state index is 0.0290. The van der Waals surface area contributed by atoms with Crippen LogP contribution in [0.4, 0.5) is 0 Å². The first kappa shape index (κ1) is 21.0. The van der Waals surface area contributed by atoms with Crippen LogP contribution in [0.25, 0.3) is 0 Å². The van der Waals surface area contributed by atoms with E-state index in [-0.39, 0.29) is 18.6 Å². The van der Waals surface area contributed by atoms with Crippen molar-refractivity contribution in [3.63, 3.8) is 0 Å². The van der Waals surface area contributed by atoms with Crippen molar-refractivity contribution in [2.75, 3.05) is 6.61 Å². The summed E-state index contributed by atoms with van der Waals surface area (Å²) in [6.07, 6.45) is -0.873. The van der Waals surface area contributed by atoms with Crippen LogP contribution in [0.3, 0.4) is 0 Å². The van der Waals surface area contributed by atoms with Gasteiger partial charge in [-0.1, -0.05) is 30.3 Å². The van der Waals surface area contributed by atoms with Crippen molar-refractivity contribution >= 4 is 11.9 Å². The molecule has 0 saturated carbocycles. The van der Waals surface area contributed by atoms with Crippen LogP contribution >= 0.6 is 0 Å². The van der Waals surface area contributed by atoms with Gasteiger partial charge in [0.15, 0.2) is 12.7 Å². The summed E-state index contributed by atoms with van der Waals surface area (Å²) in [4.78, 5) is 26.3. The van der Waals surface area contributed by atoms with Crippen molar-refractivity contribution in [2.24, 2.45) is 0 Å². The van der Waals surface area contributed by atoms with E-state index in [0.717, 1.165) is 5.56 Å². The summed E-state index contributed by atoms with van der Waals surface area (Å²) in [6.45, 7) is 5.49. The van der Waals surface area contributed by atoms with Gasteiger partial charge >= 0.3 is 5.97 Å². The number of rotatable bonds is 8. The molecule has 2 aromatic carbocycles. The number of carbonyl (C=O) groups is 2. The Morgan fingerprint density at radius 1 is 1.04 bits per heavy atom. The number of hydrogen-bond acceptors (Lipinski definition) is 5. The lowest BCUT2D eigenvalue weighted by molar-refractivity contribution is -0.158. The van der Waals surface area contributed by atoms with Gasteiger partial charge < -0.3 is 14.4 Å². The van der Waals surface area contributed by atoms with Gasteiger partial charge in [-0.05, 0) is 50.6 Å². The molecular weight excluding hydrogens is 356 g/mol. The Hall–Kier alpha value is -3.33. The Balaban J connectivity index is 1.88. The van der Waals surface area contributed by atoms with Crippen LogP contribution in [0.15, 0.2) is 54.6 Å². The monoisotopic (exact) mass is 380 g/mol. The largest absolute Gasteiger partial charge is 0.479 e. The molecule has 6 nitrogen and oxygen atoms in total. The summed E-state index contributed by atoms with van der Waals surface area (Å²) in [5.41, 5.74) is 1.51. The van der Waals surface area contributed by atoms with Crippen LogP contribution in [0.1, 0.15) is 31.9 Å². The lowest BCUT2D eigenvalue weighted by atomic mass is 10.2. The Morgan fingerprint density at radius 2 is 1.68 bits per heavy atom. The predicted molar refractivity (Wildman–Crippen MR) is 104 cm³/mol. The third kappa shape index (κ3) is 6.13. The fraction of sp³-hybridized carbons (Fsp3) is 0.318. The van der Waals surface area contributed by atoms with E-state index in [0.29, 0.717) is 17.9 Å². The van der Waals surface area contributed by atoms with Crippen molar-refractivity contribution in [1.82, 2.24) is 4.90 Å². The van der Waals surface area contributed by atoms with Crippen molar-refractivity contribution in [2.45, 2.75) is 39.5 Å². The van der Waals surface area contributed by atoms with Gasteiger partial charge in [0.25, 0.3) is 5.91 Å². The molecule has 2 aromatic rings. The molecule has 28 heavy (non-hydrogen) atoms. The smallest absolute Gasteiger partial charge is 0.347 e. The molecule has 0 aliphatic carbocycles. The second-order valence-corrected chi connectivity index (χ2v) is 6.60. The van der Waals surface area contributed by atoms with Crippen LogP contribution < -0.4 is 4.74 Å². The highest BCUT2D eigenvalue weighted by molar-refractivity contribution is 5.82. The number of hydrogen-bond donors (Lipinski definition) is 0. The highest BCUT2D eigenvalue weighted by atomic mass is 16.6. The molecule has 146 valence electrons. The summed E-state index contributed by atoms with van der Waals surface area (Å²) in [7, 11) is 0. The quantitative estimate of drug-likeness (QED) is 0.657. The summed E-state index contributed by atoms with van der Waals surface area (Å²) in [5.74, 6) is -0.443. The fourth-order valence-corrected chi connectivity index (χ4v) is 2.53. The molecule has 0 spiro atoms. The molecular formula is C22H24N2O4. The van der Waals surface area contributed by atoms with Gasteiger partial charge in [0.1, 0.15) is 5.75 Å². The van der Waals surface area contributed by atoms with E-state index in [4.69, 9.17) is 14.7 Å². The predicted octanol–water partition coefficient (Wildman–Crippen LogP) is 3.31. The van der Waals surface area contributed by atoms with Gasteiger partial charge in [-0.15, -0.1) is 0 Å². The Morgan fingerprint density at radius 3 is 2.25 bits per heavy atom. The first-order chi connectivity index (χ1) is 13.4. The molecule has 0 aliphatic heterocycles. The molecule has 0 aliphatic rings. The molecule has 0 radical (unpaired) electrons. The van der Waals surface area contributed by atoms with E-state index in [2.05, 4.69) is 0 Å². The summed E-state index contributed by atoms with van der Waals surface area (Å²) in [5, 5.41) is 8.80. The van der Waals surface area contributed by atoms with E-state index in [9.17, 15) is 9.59 Å². The Bertz CT molecular complexity index is 826. The second-order valence-electron chi connectivity index (χ2n) is 6.60. The topological polar surface area (TPSA) is 79.6 Å². The van der Waals surface area contributed by atoms with E-state index in [1.165, 1.54) is 0 Å². The average Bonchev–Trinajstić information content (AvgIpc) is 2.71. The van der Waals surface area contributed by atoms with E-state index >= 15 is 0 Å². The van der Waals surface area contributed by atoms with Gasteiger partial charge in [0.05, 0.1) is 11.6 Å². The average molecular weight is 380 g/mol. The number of benzene rings is 2. The fourth-order valence-electron chi connectivity index (χ4n) is 2.53. The number of esters is 1. The van der Waals surface area contributed by atoms with Crippen molar-refractivity contribution in [3.05, 3.63) is 65.7 Å². The number of amides is 1. The molecule has 0 aromatic heterocycles. The first-order valence-electron chi connectivity index (χ1n) is 9.07. The standard InChI is InChI=1S/C22H24N2O4/c1-16(2)24(14-19-7-5-4-6-8-19)21(25)15-27-22(26)17(3)28-20-11-9-18(13-23)10-12-20/h4-12,16-17H,14-15H2,1-3H3/t17-/m0/s1. The molecule has 6 heteroatoms. The zero-order valence-electron chi connectivity index (χ0n) is 16.3. The van der Waals surface area contributed by atoms with Crippen molar-refractivity contribution < 1.29 is 19.1 Å². The van der Waals surface area contributed by atoms with Crippen LogP contribution in [-0.4, -0.2) is 35.5 Å². The summed E-state index contributed by atoms with van der Waals surface area (Å²) >= 11 is 0. The van der Waals surface area contributed by atoms with E-state index < -0.39 is 12.1 Å². The summed E-state index contributed by atoms with van der Waals surface area (Å²) in [6, 6.07) is 18.0. The number of nitriles is 1. The molecule has 1 amide bonds. The molecule has 0 heterocycles. The molecule has 2 rings (SSSR count). The zero-order valence-corrected chi connectivity index (χ0v) is 16.3. The molecule has 0 unspecified atom stereocenters. The maximum Gasteiger partial charge on any atom is 0.347 e. The lowest BCUT2D eigenvalue weighted by Crippen LogP contribution is -2.40. The first-order valence-corrected chi connectivity index (χ1v) is 9.07. The SMILES string of the molecule is CC(C)N(Cc1ccccc1)C(=O)COC(=O)[C@H](C)Oc1ccc(C#N)cc1. The third-order valence-electron chi connectivity index (χ3n) is 4.11. The van der Waals surface area contributed by atoms with Crippen molar-refractivity contribution in [3.8, 4) is 11.8 Å². The van der Waals surface area contributed by atoms with Gasteiger partial charge in [0, 0.05) is 12.6 Å². The Kier molecular flexibility index (Phi) is 7.58. The molecule has 0 fully saturated rings. The van der Waals surface area contributed by atoms with E-state index in [1.54, 1.807) is 36.1 Å². The highest BCUT2D eigenvalue weighted by Gasteiger charge is 2.22. The van der Waals surface area contributed by atoms with E-state index in [1.807, 2.05) is 50.2 Å². The van der Waals surface area contributed by atoms with Crippen LogP contribution in [0.2, 0.25) is 0 Å². The minimum Gasteiger partial charge on any atom is -0.479 e. The highest BCUT2D eigenvalue weighted by Crippen LogP contribution is 2.14. The maximum absolute atomic E-state index is 12.5. The van der Waals surface area contributed by atoms with Gasteiger partial charge in [0.2, 0.25) is 0 Å². The molecule has 1 atom stereocenters. The number of carbonyl (C=O) groups excluding carboxylic acids is 2. The molecule has 0 bridgehead atoms. The van der Waals surface area contributed by atoms with Gasteiger partial charge in [-0.25, -0.2) is 4.79 Å². The zero-order chi connectivity index (χ0) is 20.5. The second kappa shape index (κ2) is 10.1. The molecule has 0 N–H and O–H groups in total. The van der Waals surface area contributed by atoms with Crippen molar-refractivity contribution in [1.29, 1.82) is 5.26 Å². The summed E-state index contributed by atoms with van der Waals surface area (Å²) < 4.78 is 10.6. The maximum atomic E-state index is 12.5. The molecule has 0 saturated heterocycles. The van der Waals surface area contributed by atoms with Crippen LogP contribution in [0.5, 0.6) is 5.75 Å². The van der Waals surface area contributed by atoms with Gasteiger partial charge in [-0.2, -0.15) is 5.26 Å². The number of nitrogens with zero attached hydrogens (tertiary/aromatic N) is 2. The third-order valence-corrected chi connectivity index (χ3v) is 4.11. The lowest BCUT2D eigenvalue weighted by Gasteiger charge is -2.27.